The second-order valence-electron chi connectivity index (χ2n) is 5.84. The topological polar surface area (TPSA) is 66.8 Å². The average molecular weight is 305 g/mol. The lowest BCUT2D eigenvalue weighted by molar-refractivity contribution is -0.145. The summed E-state index contributed by atoms with van der Waals surface area (Å²) in [4.78, 5) is 24.4. The van der Waals surface area contributed by atoms with Gasteiger partial charge >= 0.3 is 5.97 Å². The maximum absolute atomic E-state index is 12.1. The minimum Gasteiger partial charge on any atom is -0.494 e. The fourth-order valence-corrected chi connectivity index (χ4v) is 2.31. The van der Waals surface area contributed by atoms with Crippen LogP contribution >= 0.6 is 0 Å². The molecule has 1 fully saturated rings. The Bertz CT molecular complexity index is 552. The Labute approximate surface area is 130 Å². The first-order valence-corrected chi connectivity index (χ1v) is 7.68. The Kier molecular flexibility index (Phi) is 5.41. The monoisotopic (exact) mass is 305 g/mol. The lowest BCUT2D eigenvalue weighted by Gasteiger charge is -2.20. The van der Waals surface area contributed by atoms with Crippen LogP contribution in [-0.4, -0.2) is 41.1 Å². The van der Waals surface area contributed by atoms with Crippen LogP contribution in [0.1, 0.15) is 36.8 Å². The number of carboxylic acid groups (broad SMARTS) is 1. The number of carboxylic acids is 1. The quantitative estimate of drug-likeness (QED) is 0.750. The van der Waals surface area contributed by atoms with Crippen LogP contribution in [0.25, 0.3) is 0 Å². The molecule has 1 saturated carbocycles. The van der Waals surface area contributed by atoms with Crippen molar-refractivity contribution in [2.24, 2.45) is 0 Å². The first-order valence-electron chi connectivity index (χ1n) is 7.68. The second-order valence-corrected chi connectivity index (χ2v) is 5.84. The van der Waals surface area contributed by atoms with E-state index >= 15 is 0 Å². The van der Waals surface area contributed by atoms with E-state index in [0.717, 1.165) is 18.6 Å². The van der Waals surface area contributed by atoms with Crippen molar-refractivity contribution in [2.75, 3.05) is 13.2 Å². The van der Waals surface area contributed by atoms with Crippen molar-refractivity contribution < 1.29 is 19.4 Å². The van der Waals surface area contributed by atoms with Crippen molar-refractivity contribution >= 4 is 11.9 Å². The maximum Gasteiger partial charge on any atom is 0.323 e. The molecule has 0 bridgehead atoms. The molecular weight excluding hydrogens is 282 g/mol. The molecule has 0 aromatic heterocycles. The number of aliphatic carboxylic acids is 1. The van der Waals surface area contributed by atoms with Crippen molar-refractivity contribution in [3.8, 4) is 5.75 Å². The number of amides is 1. The summed E-state index contributed by atoms with van der Waals surface area (Å²) < 4.78 is 5.64. The Morgan fingerprint density at radius 3 is 2.59 bits per heavy atom. The van der Waals surface area contributed by atoms with Crippen molar-refractivity contribution in [1.82, 2.24) is 4.90 Å². The molecular formula is C17H23NO4. The van der Waals surface area contributed by atoms with Crippen LogP contribution in [0.15, 0.2) is 18.2 Å². The van der Waals surface area contributed by atoms with Crippen LogP contribution in [0.5, 0.6) is 5.75 Å². The van der Waals surface area contributed by atoms with E-state index in [4.69, 9.17) is 9.84 Å². The molecule has 1 aliphatic carbocycles. The summed E-state index contributed by atoms with van der Waals surface area (Å²) in [6, 6.07) is 6.05. The van der Waals surface area contributed by atoms with Crippen LogP contribution in [0, 0.1) is 13.8 Å². The van der Waals surface area contributed by atoms with Gasteiger partial charge in [0.1, 0.15) is 12.3 Å². The molecule has 0 aliphatic heterocycles. The summed E-state index contributed by atoms with van der Waals surface area (Å²) in [6.45, 7) is 4.35. The zero-order chi connectivity index (χ0) is 16.1. The normalized spacial score (nSPS) is 13.7. The van der Waals surface area contributed by atoms with Gasteiger partial charge in [-0.1, -0.05) is 6.07 Å². The van der Waals surface area contributed by atoms with Gasteiger partial charge in [0.25, 0.3) is 0 Å². The van der Waals surface area contributed by atoms with Crippen molar-refractivity contribution in [3.63, 3.8) is 0 Å². The molecule has 1 aromatic rings. The summed E-state index contributed by atoms with van der Waals surface area (Å²) in [5.74, 6) is -0.236. The summed E-state index contributed by atoms with van der Waals surface area (Å²) in [5, 5.41) is 8.86. The molecule has 0 heterocycles. The second kappa shape index (κ2) is 7.29. The highest BCUT2D eigenvalue weighted by atomic mass is 16.5. The van der Waals surface area contributed by atoms with E-state index in [-0.39, 0.29) is 18.5 Å². The number of benzene rings is 1. The number of carbonyl (C=O) groups is 2. The van der Waals surface area contributed by atoms with E-state index in [0.29, 0.717) is 19.4 Å². The summed E-state index contributed by atoms with van der Waals surface area (Å²) in [5.41, 5.74) is 2.39. The van der Waals surface area contributed by atoms with Gasteiger partial charge in [-0.3, -0.25) is 9.59 Å². The Balaban J connectivity index is 1.74. The Morgan fingerprint density at radius 1 is 1.27 bits per heavy atom. The predicted octanol–water partition coefficient (Wildman–Crippen LogP) is 2.54. The third kappa shape index (κ3) is 4.76. The molecule has 0 radical (unpaired) electrons. The fraction of sp³-hybridized carbons (Fsp3) is 0.529. The van der Waals surface area contributed by atoms with Gasteiger partial charge in [0, 0.05) is 12.5 Å². The average Bonchev–Trinajstić information content (AvgIpc) is 3.29. The molecule has 5 heteroatoms. The highest BCUT2D eigenvalue weighted by Gasteiger charge is 2.33. The minimum absolute atomic E-state index is 0.0893. The Hall–Kier alpha value is -2.04. The SMILES string of the molecule is Cc1ccc(OCCCC(=O)N(CC(=O)O)C2CC2)cc1C. The fourth-order valence-electron chi connectivity index (χ4n) is 2.31. The molecule has 0 unspecified atom stereocenters. The third-order valence-corrected chi connectivity index (χ3v) is 3.90. The van der Waals surface area contributed by atoms with Crippen LogP contribution in [-0.2, 0) is 9.59 Å². The molecule has 2 rings (SSSR count). The van der Waals surface area contributed by atoms with Gasteiger partial charge in [-0.2, -0.15) is 0 Å². The van der Waals surface area contributed by atoms with Crippen molar-refractivity contribution in [2.45, 2.75) is 45.6 Å². The number of carbonyl (C=O) groups excluding carboxylic acids is 1. The largest absolute Gasteiger partial charge is 0.494 e. The first-order chi connectivity index (χ1) is 10.5. The molecule has 0 atom stereocenters. The van der Waals surface area contributed by atoms with Gasteiger partial charge in [-0.15, -0.1) is 0 Å². The number of hydrogen-bond acceptors (Lipinski definition) is 3. The molecule has 1 aromatic carbocycles. The smallest absolute Gasteiger partial charge is 0.323 e. The zero-order valence-electron chi connectivity index (χ0n) is 13.2. The predicted molar refractivity (Wildman–Crippen MR) is 83.0 cm³/mol. The molecule has 1 N–H and O–H groups in total. The first kappa shape index (κ1) is 16.3. The number of aryl methyl sites for hydroxylation is 2. The maximum atomic E-state index is 12.1. The van der Waals surface area contributed by atoms with E-state index in [1.54, 1.807) is 0 Å². The molecule has 1 aliphatic rings. The van der Waals surface area contributed by atoms with E-state index in [1.165, 1.54) is 16.0 Å². The summed E-state index contributed by atoms with van der Waals surface area (Å²) in [6.07, 6.45) is 2.75. The van der Waals surface area contributed by atoms with Gasteiger partial charge in [-0.05, 0) is 56.4 Å². The number of nitrogens with zero attached hydrogens (tertiary/aromatic N) is 1. The molecule has 1 amide bonds. The number of hydrogen-bond donors (Lipinski definition) is 1. The molecule has 22 heavy (non-hydrogen) atoms. The van der Waals surface area contributed by atoms with E-state index in [2.05, 4.69) is 0 Å². The lowest BCUT2D eigenvalue weighted by Crippen LogP contribution is -2.37. The molecule has 5 nitrogen and oxygen atoms in total. The van der Waals surface area contributed by atoms with Gasteiger partial charge < -0.3 is 14.7 Å². The van der Waals surface area contributed by atoms with Crippen LogP contribution < -0.4 is 4.74 Å². The van der Waals surface area contributed by atoms with Crippen LogP contribution in [0.3, 0.4) is 0 Å². The van der Waals surface area contributed by atoms with Crippen molar-refractivity contribution in [1.29, 1.82) is 0 Å². The van der Waals surface area contributed by atoms with Gasteiger partial charge in [0.2, 0.25) is 5.91 Å². The van der Waals surface area contributed by atoms with E-state index < -0.39 is 5.97 Å². The van der Waals surface area contributed by atoms with Gasteiger partial charge in [-0.25, -0.2) is 0 Å². The minimum atomic E-state index is -0.952. The molecule has 0 spiro atoms. The standard InChI is InChI=1S/C17H23NO4/c1-12-5-8-15(10-13(12)2)22-9-3-4-16(19)18(11-17(20)21)14-6-7-14/h5,8,10,14H,3-4,6-7,9,11H2,1-2H3,(H,20,21). The van der Waals surface area contributed by atoms with E-state index in [9.17, 15) is 9.59 Å². The third-order valence-electron chi connectivity index (χ3n) is 3.90. The van der Waals surface area contributed by atoms with Gasteiger partial charge in [0.05, 0.1) is 6.61 Å². The Morgan fingerprint density at radius 2 is 2.00 bits per heavy atom. The van der Waals surface area contributed by atoms with Crippen molar-refractivity contribution in [3.05, 3.63) is 29.3 Å². The molecule has 0 saturated heterocycles. The number of ether oxygens (including phenoxy) is 1. The van der Waals surface area contributed by atoms with Gasteiger partial charge in [0.15, 0.2) is 0 Å². The van der Waals surface area contributed by atoms with Crippen LogP contribution in [0.4, 0.5) is 0 Å². The lowest BCUT2D eigenvalue weighted by atomic mass is 10.1. The van der Waals surface area contributed by atoms with Crippen LogP contribution in [0.2, 0.25) is 0 Å². The highest BCUT2D eigenvalue weighted by molar-refractivity contribution is 5.81. The number of rotatable bonds is 8. The molecule has 120 valence electrons. The zero-order valence-corrected chi connectivity index (χ0v) is 13.2. The highest BCUT2D eigenvalue weighted by Crippen LogP contribution is 2.27. The summed E-state index contributed by atoms with van der Waals surface area (Å²) >= 11 is 0. The van der Waals surface area contributed by atoms with E-state index in [1.807, 2.05) is 32.0 Å². The summed E-state index contributed by atoms with van der Waals surface area (Å²) in [7, 11) is 0.